The second-order valence-corrected chi connectivity index (χ2v) is 9.90. The molecule has 0 N–H and O–H groups in total. The molecule has 45 heavy (non-hydrogen) atoms. The first-order valence-electron chi connectivity index (χ1n) is 13.9. The van der Waals surface area contributed by atoms with Crippen LogP contribution in [0.5, 0.6) is 23.0 Å². The zero-order valence-corrected chi connectivity index (χ0v) is 23.7. The molecule has 0 aliphatic carbocycles. The predicted molar refractivity (Wildman–Crippen MR) is 151 cm³/mol. The summed E-state index contributed by atoms with van der Waals surface area (Å²) in [6, 6.07) is 20.1. The molecule has 0 atom stereocenters. The predicted octanol–water partition coefficient (Wildman–Crippen LogP) is 10.5. The van der Waals surface area contributed by atoms with Crippen molar-refractivity contribution >= 4 is 0 Å². The molecule has 12 heteroatoms. The minimum absolute atomic E-state index is 0.401. The van der Waals surface area contributed by atoms with E-state index < -0.39 is 35.9 Å². The van der Waals surface area contributed by atoms with Gasteiger partial charge in [0.15, 0.2) is 23.1 Å². The minimum atomic E-state index is -4.97. The Morgan fingerprint density at radius 3 is 1.09 bits per heavy atom. The minimum Gasteiger partial charge on any atom is -0.494 e. The van der Waals surface area contributed by atoms with Crippen molar-refractivity contribution in [1.29, 1.82) is 0 Å². The third-order valence-electron chi connectivity index (χ3n) is 6.52. The number of unbranched alkanes of at least 4 members (excludes halogenated alkanes) is 4. The highest BCUT2D eigenvalue weighted by Crippen LogP contribution is 2.32. The van der Waals surface area contributed by atoms with Gasteiger partial charge in [0, 0.05) is 0 Å². The molecule has 0 amide bonds. The van der Waals surface area contributed by atoms with Gasteiger partial charge in [-0.2, -0.15) is 0 Å². The topological polar surface area (TPSA) is 36.9 Å². The summed E-state index contributed by atoms with van der Waals surface area (Å²) in [5, 5.41) is 0. The molecule has 0 fully saturated rings. The average molecular weight is 641 g/mol. The maximum Gasteiger partial charge on any atom is 0.573 e. The van der Waals surface area contributed by atoms with Crippen LogP contribution in [0.2, 0.25) is 0 Å². The van der Waals surface area contributed by atoms with Gasteiger partial charge in [0.1, 0.15) is 11.5 Å². The molecule has 0 aromatic heterocycles. The molecule has 0 heterocycles. The van der Waals surface area contributed by atoms with E-state index in [1.807, 2.05) is 0 Å². The van der Waals surface area contributed by atoms with Crippen molar-refractivity contribution in [3.63, 3.8) is 0 Å². The van der Waals surface area contributed by atoms with Crippen molar-refractivity contribution in [1.82, 2.24) is 0 Å². The van der Waals surface area contributed by atoms with Crippen LogP contribution in [0.15, 0.2) is 84.9 Å². The number of benzene rings is 4. The summed E-state index contributed by atoms with van der Waals surface area (Å²) in [4.78, 5) is 0. The smallest absolute Gasteiger partial charge is 0.494 e. The molecule has 0 saturated heterocycles. The molecule has 0 aliphatic rings. The molecular weight excluding hydrogens is 612 g/mol. The lowest BCUT2D eigenvalue weighted by molar-refractivity contribution is -0.276. The number of halogens is 8. The maximum atomic E-state index is 14.0. The van der Waals surface area contributed by atoms with E-state index in [2.05, 4.69) is 9.47 Å². The van der Waals surface area contributed by atoms with E-state index in [9.17, 15) is 35.1 Å². The van der Waals surface area contributed by atoms with Crippen LogP contribution in [0.1, 0.15) is 32.1 Å². The Morgan fingerprint density at radius 1 is 0.422 bits per heavy atom. The average Bonchev–Trinajstić information content (AvgIpc) is 2.98. The molecule has 0 aliphatic heterocycles. The van der Waals surface area contributed by atoms with Gasteiger partial charge in [-0.1, -0.05) is 55.7 Å². The summed E-state index contributed by atoms with van der Waals surface area (Å²) in [5.74, 6) is -2.77. The zero-order chi connectivity index (χ0) is 32.5. The highest BCUT2D eigenvalue weighted by atomic mass is 19.4. The van der Waals surface area contributed by atoms with Gasteiger partial charge in [-0.3, -0.25) is 0 Å². The van der Waals surface area contributed by atoms with Crippen molar-refractivity contribution < 1.29 is 54.1 Å². The van der Waals surface area contributed by atoms with Crippen LogP contribution in [0, 0.1) is 11.6 Å². The molecule has 0 radical (unpaired) electrons. The largest absolute Gasteiger partial charge is 0.573 e. The number of hydrogen-bond donors (Lipinski definition) is 0. The molecule has 0 unspecified atom stereocenters. The number of ether oxygens (including phenoxy) is 4. The quantitative estimate of drug-likeness (QED) is 0.102. The van der Waals surface area contributed by atoms with Gasteiger partial charge >= 0.3 is 12.7 Å². The lowest BCUT2D eigenvalue weighted by atomic mass is 10.1. The number of rotatable bonds is 14. The van der Waals surface area contributed by atoms with Crippen molar-refractivity contribution in [2.45, 2.75) is 44.8 Å². The molecule has 0 saturated carbocycles. The van der Waals surface area contributed by atoms with E-state index in [-0.39, 0.29) is 0 Å². The van der Waals surface area contributed by atoms with Crippen LogP contribution >= 0.6 is 0 Å². The first-order valence-corrected chi connectivity index (χ1v) is 13.9. The third kappa shape index (κ3) is 10.9. The van der Waals surface area contributed by atoms with Crippen molar-refractivity contribution in [3.8, 4) is 45.3 Å². The normalized spacial score (nSPS) is 11.7. The van der Waals surface area contributed by atoms with Gasteiger partial charge in [-0.25, -0.2) is 8.78 Å². The molecule has 4 rings (SSSR count). The monoisotopic (exact) mass is 640 g/mol. The van der Waals surface area contributed by atoms with E-state index in [1.165, 1.54) is 12.1 Å². The fraction of sp³-hybridized carbons (Fsp3) is 0.273. The maximum absolute atomic E-state index is 14.0. The van der Waals surface area contributed by atoms with E-state index in [1.54, 1.807) is 48.5 Å². The third-order valence-corrected chi connectivity index (χ3v) is 6.52. The summed E-state index contributed by atoms with van der Waals surface area (Å²) in [5.41, 5.74) is 2.03. The van der Waals surface area contributed by atoms with Crippen LogP contribution in [0.25, 0.3) is 22.3 Å². The van der Waals surface area contributed by atoms with Gasteiger partial charge in [-0.15, -0.1) is 26.3 Å². The molecular formula is C33H28F8O4. The molecule has 4 aromatic rings. The fourth-order valence-electron chi connectivity index (χ4n) is 4.38. The Labute approximate surface area is 254 Å². The summed E-state index contributed by atoms with van der Waals surface area (Å²) < 4.78 is 121. The second-order valence-electron chi connectivity index (χ2n) is 9.90. The zero-order valence-electron chi connectivity index (χ0n) is 23.7. The highest BCUT2D eigenvalue weighted by Gasteiger charge is 2.33. The highest BCUT2D eigenvalue weighted by molar-refractivity contribution is 5.66. The van der Waals surface area contributed by atoms with E-state index in [4.69, 9.17) is 9.47 Å². The Bertz CT molecular complexity index is 1400. The van der Waals surface area contributed by atoms with Gasteiger partial charge < -0.3 is 18.9 Å². The Morgan fingerprint density at radius 2 is 0.756 bits per heavy atom. The standard InChI is InChI=1S/C33H28F8O4/c34-28-20-24(10-16-30(28)44-32(36,37)38)22-6-12-26(13-7-22)42-18-4-2-1-3-5-19-43-27-14-8-23(9-15-27)25-11-17-31(29(35)21-25)45-33(39,40)41/h6-17,20-21H,1-5,18-19H2. The summed E-state index contributed by atoms with van der Waals surface area (Å²) in [6.45, 7) is 1.00. The van der Waals surface area contributed by atoms with Crippen LogP contribution in [0.4, 0.5) is 35.1 Å². The van der Waals surface area contributed by atoms with Crippen LogP contribution < -0.4 is 18.9 Å². The first kappa shape index (κ1) is 33.4. The Hall–Kier alpha value is -4.48. The van der Waals surface area contributed by atoms with Gasteiger partial charge in [0.2, 0.25) is 0 Å². The van der Waals surface area contributed by atoms with E-state index >= 15 is 0 Å². The van der Waals surface area contributed by atoms with Crippen LogP contribution in [-0.2, 0) is 0 Å². The molecule has 240 valence electrons. The number of hydrogen-bond acceptors (Lipinski definition) is 4. The van der Waals surface area contributed by atoms with Gasteiger partial charge in [-0.05, 0) is 83.6 Å². The van der Waals surface area contributed by atoms with Crippen LogP contribution in [0.3, 0.4) is 0 Å². The SMILES string of the molecule is Fc1cc(-c2ccc(OCCCCCCCOc3ccc(-c4ccc(OC(F)(F)F)c(F)c4)cc3)cc2)ccc1OC(F)(F)F. The lowest BCUT2D eigenvalue weighted by Gasteiger charge is -2.11. The van der Waals surface area contributed by atoms with Gasteiger partial charge in [0.25, 0.3) is 0 Å². The summed E-state index contributed by atoms with van der Waals surface area (Å²) in [6.07, 6.45) is -5.41. The fourth-order valence-corrected chi connectivity index (χ4v) is 4.38. The molecule has 0 bridgehead atoms. The van der Waals surface area contributed by atoms with Crippen LogP contribution in [-0.4, -0.2) is 25.9 Å². The van der Waals surface area contributed by atoms with E-state index in [0.717, 1.165) is 56.4 Å². The number of alkyl halides is 6. The van der Waals surface area contributed by atoms with Crippen molar-refractivity contribution in [2.24, 2.45) is 0 Å². The van der Waals surface area contributed by atoms with Crippen molar-refractivity contribution in [3.05, 3.63) is 96.6 Å². The second kappa shape index (κ2) is 15.0. The Kier molecular flexibility index (Phi) is 11.1. The van der Waals surface area contributed by atoms with Crippen molar-refractivity contribution in [2.75, 3.05) is 13.2 Å². The molecule has 4 nitrogen and oxygen atoms in total. The molecule has 0 spiro atoms. The first-order chi connectivity index (χ1) is 21.4. The van der Waals surface area contributed by atoms with Gasteiger partial charge in [0.05, 0.1) is 13.2 Å². The lowest BCUT2D eigenvalue weighted by Crippen LogP contribution is -2.17. The molecule has 4 aromatic carbocycles. The summed E-state index contributed by atoms with van der Waals surface area (Å²) >= 11 is 0. The Balaban J connectivity index is 1.09. The van der Waals surface area contributed by atoms with E-state index in [0.29, 0.717) is 47.0 Å². The summed E-state index contributed by atoms with van der Waals surface area (Å²) in [7, 11) is 0.